The Bertz CT molecular complexity index is 607. The molecule has 0 spiro atoms. The summed E-state index contributed by atoms with van der Waals surface area (Å²) >= 11 is 5.94. The minimum Gasteiger partial charge on any atom is -0.494 e. The Morgan fingerprint density at radius 3 is 2.88 bits per heavy atom. The number of halogens is 2. The SMILES string of the molecule is COc1cc2ncc(C#N)c(Cl)c2cc1F. The van der Waals surface area contributed by atoms with Crippen LogP contribution in [0.3, 0.4) is 0 Å². The number of aromatic nitrogens is 1. The van der Waals surface area contributed by atoms with Crippen LogP contribution in [-0.4, -0.2) is 12.1 Å². The van der Waals surface area contributed by atoms with Gasteiger partial charge in [-0.2, -0.15) is 5.26 Å². The number of nitrogens with zero attached hydrogens (tertiary/aromatic N) is 2. The Kier molecular flexibility index (Phi) is 2.63. The van der Waals surface area contributed by atoms with E-state index in [2.05, 4.69) is 4.98 Å². The minimum atomic E-state index is -0.534. The van der Waals surface area contributed by atoms with E-state index in [1.165, 1.54) is 25.4 Å². The van der Waals surface area contributed by atoms with Gasteiger partial charge in [-0.05, 0) is 6.07 Å². The predicted molar refractivity (Wildman–Crippen MR) is 58.0 cm³/mol. The standard InChI is InChI=1S/C11H6ClFN2O/c1-16-10-3-9-7(2-8(10)13)11(12)6(4-14)5-15-9/h2-3,5H,1H3. The van der Waals surface area contributed by atoms with Gasteiger partial charge in [-0.15, -0.1) is 0 Å². The Labute approximate surface area is 96.0 Å². The highest BCUT2D eigenvalue weighted by atomic mass is 35.5. The molecule has 3 nitrogen and oxygen atoms in total. The third-order valence-corrected chi connectivity index (χ3v) is 2.60. The van der Waals surface area contributed by atoms with Gasteiger partial charge in [0.2, 0.25) is 0 Å². The van der Waals surface area contributed by atoms with E-state index in [1.54, 1.807) is 0 Å². The van der Waals surface area contributed by atoms with Crippen molar-refractivity contribution in [2.24, 2.45) is 0 Å². The van der Waals surface area contributed by atoms with Crippen molar-refractivity contribution in [1.82, 2.24) is 4.98 Å². The van der Waals surface area contributed by atoms with E-state index in [4.69, 9.17) is 21.6 Å². The van der Waals surface area contributed by atoms with Gasteiger partial charge < -0.3 is 4.74 Å². The lowest BCUT2D eigenvalue weighted by Crippen LogP contribution is -1.91. The van der Waals surface area contributed by atoms with Crippen molar-refractivity contribution in [3.05, 3.63) is 34.7 Å². The third-order valence-electron chi connectivity index (χ3n) is 2.20. The molecule has 0 fully saturated rings. The lowest BCUT2D eigenvalue weighted by molar-refractivity contribution is 0.387. The van der Waals surface area contributed by atoms with Crippen molar-refractivity contribution >= 4 is 22.5 Å². The molecule has 0 atom stereocenters. The van der Waals surface area contributed by atoms with Gasteiger partial charge in [0.15, 0.2) is 11.6 Å². The normalized spacial score (nSPS) is 10.1. The number of methoxy groups -OCH3 is 1. The number of fused-ring (bicyclic) bond motifs is 1. The van der Waals surface area contributed by atoms with Crippen molar-refractivity contribution in [2.75, 3.05) is 7.11 Å². The molecule has 0 aliphatic rings. The fraction of sp³-hybridized carbons (Fsp3) is 0.0909. The maximum absolute atomic E-state index is 13.4. The van der Waals surface area contributed by atoms with Crippen LogP contribution in [0.5, 0.6) is 5.75 Å². The first-order valence-electron chi connectivity index (χ1n) is 4.39. The van der Waals surface area contributed by atoms with Gasteiger partial charge in [-0.1, -0.05) is 11.6 Å². The Balaban J connectivity index is 2.82. The average Bonchev–Trinajstić information content (AvgIpc) is 2.30. The van der Waals surface area contributed by atoms with Crippen LogP contribution in [0.25, 0.3) is 10.9 Å². The topological polar surface area (TPSA) is 45.9 Å². The molecule has 0 saturated carbocycles. The fourth-order valence-electron chi connectivity index (χ4n) is 1.40. The number of pyridine rings is 1. The molecule has 0 saturated heterocycles. The first kappa shape index (κ1) is 10.7. The summed E-state index contributed by atoms with van der Waals surface area (Å²) in [6, 6.07) is 4.54. The zero-order chi connectivity index (χ0) is 11.7. The highest BCUT2D eigenvalue weighted by Gasteiger charge is 2.11. The molecule has 0 radical (unpaired) electrons. The van der Waals surface area contributed by atoms with Crippen LogP contribution in [0, 0.1) is 17.1 Å². The second-order valence-corrected chi connectivity index (χ2v) is 3.48. The van der Waals surface area contributed by atoms with Crippen molar-refractivity contribution in [3.63, 3.8) is 0 Å². The van der Waals surface area contributed by atoms with Gasteiger partial charge in [0.25, 0.3) is 0 Å². The number of ether oxygens (including phenoxy) is 1. The van der Waals surface area contributed by atoms with E-state index in [-0.39, 0.29) is 16.3 Å². The van der Waals surface area contributed by atoms with Crippen molar-refractivity contribution in [1.29, 1.82) is 5.26 Å². The molecule has 0 bridgehead atoms. The summed E-state index contributed by atoms with van der Waals surface area (Å²) in [5.41, 5.74) is 0.709. The quantitative estimate of drug-likeness (QED) is 0.765. The van der Waals surface area contributed by atoms with E-state index < -0.39 is 5.82 Å². The van der Waals surface area contributed by atoms with Crippen LogP contribution in [-0.2, 0) is 0 Å². The summed E-state index contributed by atoms with van der Waals surface area (Å²) in [6.07, 6.45) is 1.35. The van der Waals surface area contributed by atoms with Crippen molar-refractivity contribution < 1.29 is 9.13 Å². The summed E-state index contributed by atoms with van der Waals surface area (Å²) in [6.45, 7) is 0. The molecular formula is C11H6ClFN2O. The highest BCUT2D eigenvalue weighted by molar-refractivity contribution is 6.36. The summed E-state index contributed by atoms with van der Waals surface area (Å²) < 4.78 is 18.3. The van der Waals surface area contributed by atoms with E-state index >= 15 is 0 Å². The molecule has 2 aromatic rings. The fourth-order valence-corrected chi connectivity index (χ4v) is 1.64. The molecular weight excluding hydrogens is 231 g/mol. The van der Waals surface area contributed by atoms with E-state index in [0.717, 1.165) is 0 Å². The van der Waals surface area contributed by atoms with Crippen LogP contribution in [0.4, 0.5) is 4.39 Å². The number of benzene rings is 1. The lowest BCUT2D eigenvalue weighted by Gasteiger charge is -2.05. The van der Waals surface area contributed by atoms with Crippen LogP contribution in [0.1, 0.15) is 5.56 Å². The Morgan fingerprint density at radius 1 is 1.50 bits per heavy atom. The first-order valence-corrected chi connectivity index (χ1v) is 4.77. The van der Waals surface area contributed by atoms with Crippen LogP contribution >= 0.6 is 11.6 Å². The van der Waals surface area contributed by atoms with Gasteiger partial charge >= 0.3 is 0 Å². The molecule has 0 unspecified atom stereocenters. The summed E-state index contributed by atoms with van der Waals surface area (Å²) in [7, 11) is 1.37. The van der Waals surface area contributed by atoms with Crippen LogP contribution in [0.2, 0.25) is 5.02 Å². The van der Waals surface area contributed by atoms with Gasteiger partial charge in [-0.3, -0.25) is 4.98 Å². The molecule has 0 N–H and O–H groups in total. The second kappa shape index (κ2) is 3.95. The molecule has 16 heavy (non-hydrogen) atoms. The Hall–Kier alpha value is -1.86. The monoisotopic (exact) mass is 236 g/mol. The van der Waals surface area contributed by atoms with Gasteiger partial charge in [0, 0.05) is 17.6 Å². The minimum absolute atomic E-state index is 0.0979. The van der Waals surface area contributed by atoms with E-state index in [0.29, 0.717) is 10.9 Å². The van der Waals surface area contributed by atoms with Crippen molar-refractivity contribution in [3.8, 4) is 11.8 Å². The zero-order valence-electron chi connectivity index (χ0n) is 8.29. The van der Waals surface area contributed by atoms with Crippen LogP contribution in [0.15, 0.2) is 18.3 Å². The molecule has 1 aromatic carbocycles. The largest absolute Gasteiger partial charge is 0.494 e. The zero-order valence-corrected chi connectivity index (χ0v) is 9.05. The molecule has 0 amide bonds. The van der Waals surface area contributed by atoms with Crippen LogP contribution < -0.4 is 4.74 Å². The maximum atomic E-state index is 13.4. The first-order chi connectivity index (χ1) is 7.67. The molecule has 80 valence electrons. The van der Waals surface area contributed by atoms with E-state index in [9.17, 15) is 4.39 Å². The molecule has 0 aliphatic heterocycles. The third kappa shape index (κ3) is 1.55. The molecule has 2 rings (SSSR count). The summed E-state index contributed by atoms with van der Waals surface area (Å²) in [4.78, 5) is 4.01. The summed E-state index contributed by atoms with van der Waals surface area (Å²) in [5.74, 6) is -0.436. The maximum Gasteiger partial charge on any atom is 0.165 e. The Morgan fingerprint density at radius 2 is 2.25 bits per heavy atom. The molecule has 1 aromatic heterocycles. The molecule has 1 heterocycles. The average molecular weight is 237 g/mol. The summed E-state index contributed by atoms with van der Waals surface area (Å²) in [5, 5.41) is 9.36. The number of hydrogen-bond acceptors (Lipinski definition) is 3. The van der Waals surface area contributed by atoms with E-state index in [1.807, 2.05) is 6.07 Å². The molecule has 0 aliphatic carbocycles. The smallest absolute Gasteiger partial charge is 0.165 e. The predicted octanol–water partition coefficient (Wildman–Crippen LogP) is 2.91. The highest BCUT2D eigenvalue weighted by Crippen LogP contribution is 2.29. The number of nitriles is 1. The van der Waals surface area contributed by atoms with Gasteiger partial charge in [0.05, 0.1) is 23.2 Å². The van der Waals surface area contributed by atoms with Gasteiger partial charge in [0.1, 0.15) is 6.07 Å². The lowest BCUT2D eigenvalue weighted by atomic mass is 10.1. The van der Waals surface area contributed by atoms with Gasteiger partial charge in [-0.25, -0.2) is 4.39 Å². The molecule has 5 heteroatoms. The number of hydrogen-bond donors (Lipinski definition) is 0. The van der Waals surface area contributed by atoms with Crippen molar-refractivity contribution in [2.45, 2.75) is 0 Å². The number of rotatable bonds is 1. The second-order valence-electron chi connectivity index (χ2n) is 3.10.